The van der Waals surface area contributed by atoms with Crippen LogP contribution in [0.1, 0.15) is 5.56 Å². The van der Waals surface area contributed by atoms with Crippen LogP contribution in [0.5, 0.6) is 5.75 Å². The second-order valence-corrected chi connectivity index (χ2v) is 10.4. The molecule has 4 rings (SSSR count). The molecule has 1 aliphatic rings. The van der Waals surface area contributed by atoms with E-state index in [4.69, 9.17) is 14.2 Å². The van der Waals surface area contributed by atoms with E-state index < -0.39 is 15.5 Å². The topological polar surface area (TPSA) is 94.9 Å². The highest BCUT2D eigenvalue weighted by molar-refractivity contribution is 7.92. The fourth-order valence-corrected chi connectivity index (χ4v) is 4.06. The molecule has 0 aliphatic carbocycles. The maximum Gasteiger partial charge on any atom is 0.146 e. The molecule has 32 heavy (non-hydrogen) atoms. The number of anilines is 2. The summed E-state index contributed by atoms with van der Waals surface area (Å²) in [4.78, 5) is 8.73. The lowest BCUT2D eigenvalue weighted by Gasteiger charge is -2.19. The van der Waals surface area contributed by atoms with E-state index in [9.17, 15) is 8.60 Å². The molecule has 0 saturated carbocycles. The molecule has 1 N–H and O–H groups in total. The molecule has 3 aromatic rings. The summed E-state index contributed by atoms with van der Waals surface area (Å²) in [7, 11) is -2.30. The van der Waals surface area contributed by atoms with Crippen LogP contribution in [0.4, 0.5) is 21.6 Å². The minimum absolute atomic E-state index is 0.330. The Morgan fingerprint density at radius 3 is 2.62 bits per heavy atom. The molecule has 0 unspecified atom stereocenters. The third-order valence-electron chi connectivity index (χ3n) is 4.72. The highest BCUT2D eigenvalue weighted by Crippen LogP contribution is 2.34. The predicted molar refractivity (Wildman–Crippen MR) is 122 cm³/mol. The van der Waals surface area contributed by atoms with E-state index in [-0.39, 0.29) is 6.10 Å². The summed E-state index contributed by atoms with van der Waals surface area (Å²) >= 11 is 0. The summed E-state index contributed by atoms with van der Waals surface area (Å²) in [6.07, 6.45) is 4.24. The largest absolute Gasteiger partial charge is 0.483 e. The zero-order chi connectivity index (χ0) is 22.7. The van der Waals surface area contributed by atoms with Crippen molar-refractivity contribution in [1.82, 2.24) is 9.97 Å². The van der Waals surface area contributed by atoms with E-state index in [0.29, 0.717) is 54.9 Å². The monoisotopic (exact) mass is 460 g/mol. The fraction of sp³-hybridized carbons (Fsp3) is 0.364. The number of hydrogen-bond donors (Lipinski definition) is 1. The van der Waals surface area contributed by atoms with E-state index in [1.54, 1.807) is 24.6 Å². The molecule has 0 radical (unpaired) electrons. The number of hydrogen-bond acceptors (Lipinski definition) is 8. The molecule has 10 heteroatoms. The Kier molecular flexibility index (Phi) is 6.54. The fourth-order valence-electron chi connectivity index (χ4n) is 3.44. The summed E-state index contributed by atoms with van der Waals surface area (Å²) in [5.74, 6) is 0.452. The lowest BCUT2D eigenvalue weighted by molar-refractivity contribution is 0.0601. The van der Waals surface area contributed by atoms with Crippen molar-refractivity contribution < 1.29 is 22.8 Å². The van der Waals surface area contributed by atoms with Gasteiger partial charge in [-0.25, -0.2) is 18.6 Å². The summed E-state index contributed by atoms with van der Waals surface area (Å²) in [5, 5.41) is 4.02. The van der Waals surface area contributed by atoms with Crippen LogP contribution in [-0.2, 0) is 19.2 Å². The van der Waals surface area contributed by atoms with Gasteiger partial charge in [0.2, 0.25) is 0 Å². The highest BCUT2D eigenvalue weighted by atomic mass is 32.2. The van der Waals surface area contributed by atoms with E-state index in [1.807, 2.05) is 13.0 Å². The smallest absolute Gasteiger partial charge is 0.146 e. The molecule has 170 valence electrons. The molecule has 1 aromatic heterocycles. The average molecular weight is 461 g/mol. The Balaban J connectivity index is 1.70. The predicted octanol–water partition coefficient (Wildman–Crippen LogP) is 3.97. The maximum absolute atomic E-state index is 14.0. The highest BCUT2D eigenvalue weighted by Gasteiger charge is 2.18. The van der Waals surface area contributed by atoms with Gasteiger partial charge in [0.15, 0.2) is 0 Å². The number of halogens is 1. The molecule has 2 aromatic carbocycles. The first-order valence-corrected chi connectivity index (χ1v) is 12.4. The number of aryl methyl sites for hydroxylation is 1. The van der Waals surface area contributed by atoms with Crippen LogP contribution in [0.15, 0.2) is 41.0 Å². The van der Waals surface area contributed by atoms with Gasteiger partial charge in [0, 0.05) is 33.7 Å². The Hall–Kier alpha value is -2.82. The van der Waals surface area contributed by atoms with Crippen molar-refractivity contribution in [3.8, 4) is 5.75 Å². The number of fused-ring (bicyclic) bond motifs is 1. The maximum atomic E-state index is 14.0. The number of nitrogens with zero attached hydrogens (tertiary/aromatic N) is 3. The Labute approximate surface area is 186 Å². The number of ether oxygens (including phenoxy) is 3. The van der Waals surface area contributed by atoms with E-state index >= 15 is 0 Å². The van der Waals surface area contributed by atoms with Crippen LogP contribution in [0.2, 0.25) is 0 Å². The first-order valence-electron chi connectivity index (χ1n) is 10.1. The van der Waals surface area contributed by atoms with Gasteiger partial charge in [-0.05, 0) is 36.8 Å². The van der Waals surface area contributed by atoms with Crippen LogP contribution < -0.4 is 10.1 Å². The van der Waals surface area contributed by atoms with Gasteiger partial charge in [-0.15, -0.1) is 0 Å². The molecule has 0 spiro atoms. The van der Waals surface area contributed by atoms with E-state index in [1.165, 1.54) is 18.5 Å². The lowest BCUT2D eigenvalue weighted by Crippen LogP contribution is -2.26. The van der Waals surface area contributed by atoms with Crippen molar-refractivity contribution in [2.45, 2.75) is 13.0 Å². The minimum atomic E-state index is -2.30. The molecular formula is C22H25FN4O4S. The van der Waals surface area contributed by atoms with E-state index in [0.717, 1.165) is 10.9 Å². The van der Waals surface area contributed by atoms with Gasteiger partial charge < -0.3 is 19.5 Å². The summed E-state index contributed by atoms with van der Waals surface area (Å²) < 4.78 is 47.3. The van der Waals surface area contributed by atoms with Gasteiger partial charge in [0.1, 0.15) is 29.8 Å². The van der Waals surface area contributed by atoms with Gasteiger partial charge in [-0.1, -0.05) is 0 Å². The molecule has 0 amide bonds. The standard InChI is InChI=1S/C22H25FN4O4S/c1-14-8-16(27-32(2,3)28)10-19-21(14)22(25-13-24-19)26-18-5-4-15(23)9-20(18)31-17-11-29-6-7-30-12-17/h4-5,8-10,13,17H,6-7,11-12H2,1-3H3,(H,24,25,26). The van der Waals surface area contributed by atoms with Crippen LogP contribution in [0, 0.1) is 12.7 Å². The third-order valence-corrected chi connectivity index (χ3v) is 5.37. The molecule has 1 saturated heterocycles. The molecule has 1 aliphatic heterocycles. The first-order chi connectivity index (χ1) is 15.3. The van der Waals surface area contributed by atoms with Crippen LogP contribution in [-0.4, -0.2) is 59.2 Å². The van der Waals surface area contributed by atoms with Gasteiger partial charge in [0.25, 0.3) is 0 Å². The summed E-state index contributed by atoms with van der Waals surface area (Å²) in [5.41, 5.74) is 2.66. The first kappa shape index (κ1) is 22.4. The second kappa shape index (κ2) is 9.35. The lowest BCUT2D eigenvalue weighted by atomic mass is 10.1. The van der Waals surface area contributed by atoms with Crippen molar-refractivity contribution in [3.63, 3.8) is 0 Å². The number of aromatic nitrogens is 2. The summed E-state index contributed by atoms with van der Waals surface area (Å²) in [6, 6.07) is 7.87. The zero-order valence-corrected chi connectivity index (χ0v) is 18.9. The number of nitrogens with one attached hydrogen (secondary N) is 1. The minimum Gasteiger partial charge on any atom is -0.483 e. The molecule has 1 fully saturated rings. The molecule has 2 heterocycles. The van der Waals surface area contributed by atoms with Gasteiger partial charge in [-0.3, -0.25) is 0 Å². The van der Waals surface area contributed by atoms with Crippen LogP contribution in [0.3, 0.4) is 0 Å². The van der Waals surface area contributed by atoms with Crippen molar-refractivity contribution in [2.75, 3.05) is 44.3 Å². The van der Waals surface area contributed by atoms with Crippen molar-refractivity contribution in [3.05, 3.63) is 48.0 Å². The number of benzene rings is 2. The molecular weight excluding hydrogens is 435 g/mol. The van der Waals surface area contributed by atoms with Crippen LogP contribution >= 0.6 is 0 Å². The Bertz CT molecular complexity index is 1240. The van der Waals surface area contributed by atoms with Crippen LogP contribution in [0.25, 0.3) is 10.9 Å². The Morgan fingerprint density at radius 1 is 1.16 bits per heavy atom. The molecule has 8 nitrogen and oxygen atoms in total. The zero-order valence-electron chi connectivity index (χ0n) is 18.1. The third kappa shape index (κ3) is 5.50. The van der Waals surface area contributed by atoms with Gasteiger partial charge in [0.05, 0.1) is 43.3 Å². The van der Waals surface area contributed by atoms with Crippen molar-refractivity contribution in [1.29, 1.82) is 0 Å². The SMILES string of the molecule is Cc1cc(N=S(C)(C)=O)cc2ncnc(Nc3ccc(F)cc3OC3COCCOC3)c12. The summed E-state index contributed by atoms with van der Waals surface area (Å²) in [6.45, 7) is 3.62. The normalized spacial score (nSPS) is 15.4. The van der Waals surface area contributed by atoms with Gasteiger partial charge in [-0.2, -0.15) is 4.36 Å². The van der Waals surface area contributed by atoms with Crippen molar-refractivity contribution in [2.24, 2.45) is 4.36 Å². The van der Waals surface area contributed by atoms with E-state index in [2.05, 4.69) is 19.6 Å². The second-order valence-electron chi connectivity index (χ2n) is 7.81. The Morgan fingerprint density at radius 2 is 1.91 bits per heavy atom. The number of rotatable bonds is 5. The molecule has 0 bridgehead atoms. The van der Waals surface area contributed by atoms with Gasteiger partial charge >= 0.3 is 0 Å². The average Bonchev–Trinajstić information content (AvgIpc) is 2.97. The van der Waals surface area contributed by atoms with Crippen molar-refractivity contribution >= 4 is 37.8 Å². The quantitative estimate of drug-likeness (QED) is 0.615. The molecule has 0 atom stereocenters.